The minimum Gasteiger partial charge on any atom is -0.486 e. The molecule has 2 rings (SSSR count). The van der Waals surface area contributed by atoms with Crippen molar-refractivity contribution in [3.8, 4) is 5.75 Å². The van der Waals surface area contributed by atoms with E-state index in [1.54, 1.807) is 24.4 Å². The largest absolute Gasteiger partial charge is 0.486 e. The summed E-state index contributed by atoms with van der Waals surface area (Å²) in [7, 11) is 0. The maximum absolute atomic E-state index is 6.05. The highest BCUT2D eigenvalue weighted by Gasteiger charge is 2.04. The number of halogens is 2. The molecule has 106 valence electrons. The number of anilines is 1. The molecule has 0 aliphatic heterocycles. The molecule has 0 saturated carbocycles. The van der Waals surface area contributed by atoms with E-state index in [2.05, 4.69) is 17.2 Å². The summed E-state index contributed by atoms with van der Waals surface area (Å²) in [5.41, 5.74) is 1.89. The van der Waals surface area contributed by atoms with E-state index in [1.807, 2.05) is 12.1 Å². The van der Waals surface area contributed by atoms with Crippen LogP contribution >= 0.6 is 23.2 Å². The minimum absolute atomic E-state index is 0.364. The zero-order valence-corrected chi connectivity index (χ0v) is 12.7. The molecule has 5 heteroatoms. The van der Waals surface area contributed by atoms with Gasteiger partial charge in [0.15, 0.2) is 0 Å². The van der Waals surface area contributed by atoms with Gasteiger partial charge in [-0.1, -0.05) is 30.1 Å². The third kappa shape index (κ3) is 4.29. The van der Waals surface area contributed by atoms with Crippen molar-refractivity contribution in [2.24, 2.45) is 0 Å². The topological polar surface area (TPSA) is 34.2 Å². The lowest BCUT2D eigenvalue weighted by molar-refractivity contribution is 0.301. The van der Waals surface area contributed by atoms with Crippen LogP contribution in [0.2, 0.25) is 10.0 Å². The first-order chi connectivity index (χ1) is 9.69. The number of nitrogens with zero attached hydrogens (tertiary/aromatic N) is 1. The normalized spacial score (nSPS) is 10.3. The summed E-state index contributed by atoms with van der Waals surface area (Å²) < 4.78 is 5.66. The predicted octanol–water partition coefficient (Wildman–Crippen LogP) is 4.79. The van der Waals surface area contributed by atoms with Crippen LogP contribution < -0.4 is 10.1 Å². The van der Waals surface area contributed by atoms with Gasteiger partial charge in [0.05, 0.1) is 10.7 Å². The first-order valence-corrected chi connectivity index (χ1v) is 7.21. The van der Waals surface area contributed by atoms with E-state index in [0.29, 0.717) is 22.4 Å². The Kier molecular flexibility index (Phi) is 5.50. The maximum atomic E-state index is 6.05. The second-order valence-electron chi connectivity index (χ2n) is 4.33. The second-order valence-corrected chi connectivity index (χ2v) is 5.17. The molecule has 2 aromatic rings. The Bertz CT molecular complexity index is 576. The maximum Gasteiger partial charge on any atom is 0.138 e. The first-order valence-electron chi connectivity index (χ1n) is 6.45. The SMILES string of the molecule is CCCNc1ccnc(COc2ccc(Cl)cc2Cl)c1. The van der Waals surface area contributed by atoms with Crippen LogP contribution in [-0.4, -0.2) is 11.5 Å². The highest BCUT2D eigenvalue weighted by atomic mass is 35.5. The molecule has 1 heterocycles. The van der Waals surface area contributed by atoms with E-state index < -0.39 is 0 Å². The molecule has 0 spiro atoms. The Hall–Kier alpha value is -1.45. The van der Waals surface area contributed by atoms with Crippen molar-refractivity contribution in [2.75, 3.05) is 11.9 Å². The fraction of sp³-hybridized carbons (Fsp3) is 0.267. The van der Waals surface area contributed by atoms with Gasteiger partial charge in [-0.25, -0.2) is 0 Å². The van der Waals surface area contributed by atoms with Crippen LogP contribution in [0.25, 0.3) is 0 Å². The van der Waals surface area contributed by atoms with Crippen LogP contribution in [0, 0.1) is 0 Å². The van der Waals surface area contributed by atoms with Gasteiger partial charge in [-0.05, 0) is 36.8 Å². The lowest BCUT2D eigenvalue weighted by atomic mass is 10.3. The molecular formula is C15H16Cl2N2O. The lowest BCUT2D eigenvalue weighted by Crippen LogP contribution is -2.03. The van der Waals surface area contributed by atoms with E-state index in [4.69, 9.17) is 27.9 Å². The Morgan fingerprint density at radius 1 is 1.20 bits per heavy atom. The zero-order chi connectivity index (χ0) is 14.4. The Balaban J connectivity index is 1.99. The number of pyridine rings is 1. The molecule has 0 radical (unpaired) electrons. The molecule has 0 bridgehead atoms. The highest BCUT2D eigenvalue weighted by molar-refractivity contribution is 6.35. The third-order valence-corrected chi connectivity index (χ3v) is 3.20. The molecule has 0 aliphatic carbocycles. The van der Waals surface area contributed by atoms with Crippen molar-refractivity contribution >= 4 is 28.9 Å². The van der Waals surface area contributed by atoms with E-state index in [1.165, 1.54) is 0 Å². The van der Waals surface area contributed by atoms with Gasteiger partial charge >= 0.3 is 0 Å². The van der Waals surface area contributed by atoms with E-state index in [0.717, 1.165) is 24.3 Å². The van der Waals surface area contributed by atoms with Crippen molar-refractivity contribution in [1.82, 2.24) is 4.98 Å². The van der Waals surface area contributed by atoms with Crippen LogP contribution in [-0.2, 0) is 6.61 Å². The third-order valence-electron chi connectivity index (χ3n) is 2.67. The lowest BCUT2D eigenvalue weighted by Gasteiger charge is -2.09. The molecule has 1 aromatic heterocycles. The molecule has 1 aromatic carbocycles. The van der Waals surface area contributed by atoms with Gasteiger partial charge in [-0.3, -0.25) is 4.98 Å². The van der Waals surface area contributed by atoms with Gasteiger partial charge in [-0.15, -0.1) is 0 Å². The summed E-state index contributed by atoms with van der Waals surface area (Å²) in [5.74, 6) is 0.602. The summed E-state index contributed by atoms with van der Waals surface area (Å²) in [6, 6.07) is 9.07. The smallest absolute Gasteiger partial charge is 0.138 e. The van der Waals surface area contributed by atoms with Crippen molar-refractivity contribution in [1.29, 1.82) is 0 Å². The zero-order valence-electron chi connectivity index (χ0n) is 11.2. The van der Waals surface area contributed by atoms with Crippen molar-refractivity contribution in [2.45, 2.75) is 20.0 Å². The molecule has 0 unspecified atom stereocenters. The number of aromatic nitrogens is 1. The number of ether oxygens (including phenoxy) is 1. The monoisotopic (exact) mass is 310 g/mol. The molecule has 0 aliphatic rings. The molecule has 0 fully saturated rings. The van der Waals surface area contributed by atoms with Gasteiger partial charge in [0.1, 0.15) is 12.4 Å². The molecule has 0 atom stereocenters. The molecule has 3 nitrogen and oxygen atoms in total. The number of hydrogen-bond donors (Lipinski definition) is 1. The van der Waals surface area contributed by atoms with E-state index in [9.17, 15) is 0 Å². The minimum atomic E-state index is 0.364. The van der Waals surface area contributed by atoms with Gasteiger partial charge in [0.2, 0.25) is 0 Å². The molecule has 0 amide bonds. The fourth-order valence-electron chi connectivity index (χ4n) is 1.68. The van der Waals surface area contributed by atoms with Crippen molar-refractivity contribution in [3.05, 3.63) is 52.3 Å². The summed E-state index contributed by atoms with van der Waals surface area (Å²) in [6.45, 7) is 3.43. The predicted molar refractivity (Wildman–Crippen MR) is 83.8 cm³/mol. The van der Waals surface area contributed by atoms with Gasteiger partial charge in [-0.2, -0.15) is 0 Å². The summed E-state index contributed by atoms with van der Waals surface area (Å²) >= 11 is 11.9. The van der Waals surface area contributed by atoms with E-state index in [-0.39, 0.29) is 0 Å². The Morgan fingerprint density at radius 3 is 2.80 bits per heavy atom. The average Bonchev–Trinajstić information content (AvgIpc) is 2.45. The summed E-state index contributed by atoms with van der Waals surface area (Å²) in [5, 5.41) is 4.40. The van der Waals surface area contributed by atoms with Crippen LogP contribution in [0.15, 0.2) is 36.5 Å². The van der Waals surface area contributed by atoms with Crippen LogP contribution in [0.4, 0.5) is 5.69 Å². The van der Waals surface area contributed by atoms with Crippen LogP contribution in [0.5, 0.6) is 5.75 Å². The Labute approximate surface area is 128 Å². The van der Waals surface area contributed by atoms with Crippen molar-refractivity contribution in [3.63, 3.8) is 0 Å². The fourth-order valence-corrected chi connectivity index (χ4v) is 2.14. The molecule has 1 N–H and O–H groups in total. The first kappa shape index (κ1) is 14.9. The summed E-state index contributed by atoms with van der Waals surface area (Å²) in [4.78, 5) is 4.28. The number of nitrogens with one attached hydrogen (secondary N) is 1. The average molecular weight is 311 g/mol. The Morgan fingerprint density at radius 2 is 2.05 bits per heavy atom. The van der Waals surface area contributed by atoms with Gasteiger partial charge in [0.25, 0.3) is 0 Å². The number of rotatable bonds is 6. The second kappa shape index (κ2) is 7.36. The van der Waals surface area contributed by atoms with Crippen LogP contribution in [0.3, 0.4) is 0 Å². The molecule has 0 saturated heterocycles. The van der Waals surface area contributed by atoms with E-state index >= 15 is 0 Å². The quantitative estimate of drug-likeness (QED) is 0.833. The molecular weight excluding hydrogens is 295 g/mol. The summed E-state index contributed by atoms with van der Waals surface area (Å²) in [6.07, 6.45) is 2.84. The molecule has 20 heavy (non-hydrogen) atoms. The standard InChI is InChI=1S/C15H16Cl2N2O/c1-2-6-18-12-5-7-19-13(9-12)10-20-15-4-3-11(16)8-14(15)17/h3-5,7-9H,2,6,10H2,1H3,(H,18,19). The number of hydrogen-bond acceptors (Lipinski definition) is 3. The highest BCUT2D eigenvalue weighted by Crippen LogP contribution is 2.28. The van der Waals surface area contributed by atoms with Gasteiger partial charge < -0.3 is 10.1 Å². The van der Waals surface area contributed by atoms with Crippen LogP contribution in [0.1, 0.15) is 19.0 Å². The van der Waals surface area contributed by atoms with Crippen molar-refractivity contribution < 1.29 is 4.74 Å². The number of benzene rings is 1. The van der Waals surface area contributed by atoms with Gasteiger partial charge in [0, 0.05) is 23.5 Å².